The summed E-state index contributed by atoms with van der Waals surface area (Å²) in [6, 6.07) is 11.5. The summed E-state index contributed by atoms with van der Waals surface area (Å²) >= 11 is 0. The number of allylic oxidation sites excluding steroid dienone is 4. The molecule has 3 aromatic rings. The van der Waals surface area contributed by atoms with Gasteiger partial charge in [-0.2, -0.15) is 0 Å². The van der Waals surface area contributed by atoms with Gasteiger partial charge in [0.1, 0.15) is 17.7 Å². The van der Waals surface area contributed by atoms with E-state index in [-0.39, 0.29) is 11.5 Å². The van der Waals surface area contributed by atoms with Crippen LogP contribution in [0.3, 0.4) is 0 Å². The van der Waals surface area contributed by atoms with Crippen LogP contribution < -0.4 is 4.90 Å². The molecule has 2 aromatic heterocycles. The van der Waals surface area contributed by atoms with Gasteiger partial charge in [-0.3, -0.25) is 4.98 Å². The molecule has 8 rings (SSSR count). The number of nitrogens with zero attached hydrogens (tertiary/aromatic N) is 2. The van der Waals surface area contributed by atoms with E-state index in [2.05, 4.69) is 70.6 Å². The molecule has 2 saturated heterocycles. The molecule has 214 valence electrons. The predicted molar refractivity (Wildman–Crippen MR) is 167 cm³/mol. The fourth-order valence-corrected chi connectivity index (χ4v) is 9.84. The van der Waals surface area contributed by atoms with Gasteiger partial charge in [0.25, 0.3) is 0 Å². The molecule has 1 spiro atoms. The molecule has 6 heterocycles. The zero-order chi connectivity index (χ0) is 27.4. The third-order valence-electron chi connectivity index (χ3n) is 11.4. The van der Waals surface area contributed by atoms with Crippen LogP contribution in [0, 0.1) is 11.3 Å². The van der Waals surface area contributed by atoms with Crippen LogP contribution in [-0.4, -0.2) is 63.8 Å². The highest BCUT2D eigenvalue weighted by atomic mass is 16.3. The highest BCUT2D eigenvalue weighted by Gasteiger charge is 2.68. The maximum atomic E-state index is 13.1. The highest BCUT2D eigenvalue weighted by Crippen LogP contribution is 2.57. The number of aromatic amines is 1. The Morgan fingerprint density at radius 3 is 2.80 bits per heavy atom. The van der Waals surface area contributed by atoms with Gasteiger partial charge in [0, 0.05) is 35.5 Å². The molecule has 0 radical (unpaired) electrons. The summed E-state index contributed by atoms with van der Waals surface area (Å²) in [6.45, 7) is 4.60. The van der Waals surface area contributed by atoms with E-state index in [0.717, 1.165) is 55.5 Å². The molecule has 3 unspecified atom stereocenters. The van der Waals surface area contributed by atoms with Crippen molar-refractivity contribution in [3.8, 4) is 0 Å². The molecule has 5 heteroatoms. The summed E-state index contributed by atoms with van der Waals surface area (Å²) in [6.07, 6.45) is 25.5. The second-order valence-electron chi connectivity index (χ2n) is 13.7. The SMILES string of the molecule is O[C@]12C=C(c3nccc4c3[nH]c3ccccc34)[C@@H]3CCN(CCCC/C=C\CC1)C[C@@]31C[C@H]3/C=C\CCCC[NH+]3C12. The first-order valence-electron chi connectivity index (χ1n) is 16.4. The monoisotopic (exact) mass is 549 g/mol. The number of nitrogens with one attached hydrogen (secondary N) is 2. The Morgan fingerprint density at radius 1 is 0.951 bits per heavy atom. The zero-order valence-corrected chi connectivity index (χ0v) is 24.3. The molecule has 0 amide bonds. The van der Waals surface area contributed by atoms with Crippen molar-refractivity contribution in [2.75, 3.05) is 26.2 Å². The van der Waals surface area contributed by atoms with Gasteiger partial charge in [-0.25, -0.2) is 0 Å². The number of hydrogen-bond donors (Lipinski definition) is 3. The second kappa shape index (κ2) is 10.2. The lowest BCUT2D eigenvalue weighted by Crippen LogP contribution is -3.20. The van der Waals surface area contributed by atoms with Crippen LogP contribution in [0.5, 0.6) is 0 Å². The normalized spacial score (nSPS) is 39.0. The number of quaternary nitrogens is 1. The summed E-state index contributed by atoms with van der Waals surface area (Å²) in [5, 5.41) is 15.6. The van der Waals surface area contributed by atoms with E-state index in [1.165, 1.54) is 68.0 Å². The first kappa shape index (κ1) is 25.9. The summed E-state index contributed by atoms with van der Waals surface area (Å²) in [5.41, 5.74) is 3.85. The Morgan fingerprint density at radius 2 is 1.83 bits per heavy atom. The Kier molecular flexibility index (Phi) is 6.46. The van der Waals surface area contributed by atoms with Gasteiger partial charge in [0.2, 0.25) is 0 Å². The molecule has 5 nitrogen and oxygen atoms in total. The lowest BCUT2D eigenvalue weighted by atomic mass is 9.54. The van der Waals surface area contributed by atoms with Crippen molar-refractivity contribution in [1.82, 2.24) is 14.9 Å². The predicted octanol–water partition coefficient (Wildman–Crippen LogP) is 5.44. The number of hydrogen-bond acceptors (Lipinski definition) is 3. The molecule has 5 aliphatic rings. The zero-order valence-electron chi connectivity index (χ0n) is 24.3. The van der Waals surface area contributed by atoms with Crippen molar-refractivity contribution in [3.05, 3.63) is 72.6 Å². The van der Waals surface area contributed by atoms with Crippen molar-refractivity contribution >= 4 is 27.4 Å². The summed E-state index contributed by atoms with van der Waals surface area (Å²) in [4.78, 5) is 13.3. The Balaban J connectivity index is 1.35. The highest BCUT2D eigenvalue weighted by molar-refractivity contribution is 6.09. The maximum Gasteiger partial charge on any atom is 0.136 e. The van der Waals surface area contributed by atoms with Gasteiger partial charge in [-0.15, -0.1) is 0 Å². The van der Waals surface area contributed by atoms with Crippen LogP contribution in [0.2, 0.25) is 0 Å². The topological polar surface area (TPSA) is 56.6 Å². The largest absolute Gasteiger partial charge is 0.379 e. The first-order chi connectivity index (χ1) is 20.2. The molecule has 4 aliphatic heterocycles. The number of fused-ring (bicyclic) bond motifs is 5. The number of aliphatic hydroxyl groups is 1. The van der Waals surface area contributed by atoms with Gasteiger partial charge < -0.3 is 19.9 Å². The second-order valence-corrected chi connectivity index (χ2v) is 13.7. The van der Waals surface area contributed by atoms with Crippen molar-refractivity contribution in [3.63, 3.8) is 0 Å². The van der Waals surface area contributed by atoms with Crippen LogP contribution >= 0.6 is 0 Å². The smallest absolute Gasteiger partial charge is 0.136 e. The minimum absolute atomic E-state index is 0.0411. The standard InChI is InChI=1S/C36H44N4O/c41-36-18-10-4-1-2-5-11-20-39-22-17-30(35(25-39)23-26-13-7-3-6-12-21-40(26)34(35)36)29(24-36)32-33-28(16-19-37-32)27-14-8-9-15-31(27)38-33/h1,4,7-9,13-16,19,24,26,30,34,38,41H,2-3,5-6,10-12,17-18,20-23,25H2/p+1/b4-1-,13-7-/t26-,30+,34?,35+,36+/m1/s1. The lowest BCUT2D eigenvalue weighted by molar-refractivity contribution is -0.940. The van der Waals surface area contributed by atoms with E-state index < -0.39 is 5.60 Å². The summed E-state index contributed by atoms with van der Waals surface area (Å²) in [7, 11) is 0. The van der Waals surface area contributed by atoms with E-state index in [1.807, 2.05) is 6.20 Å². The van der Waals surface area contributed by atoms with E-state index in [9.17, 15) is 5.11 Å². The van der Waals surface area contributed by atoms with Gasteiger partial charge in [0.15, 0.2) is 0 Å². The Bertz CT molecular complexity index is 1530. The first-order valence-corrected chi connectivity index (χ1v) is 16.4. The molecule has 2 fully saturated rings. The number of rotatable bonds is 1. The average molecular weight is 550 g/mol. The molecule has 41 heavy (non-hydrogen) atoms. The van der Waals surface area contributed by atoms with Crippen LogP contribution in [0.15, 0.2) is 66.9 Å². The minimum Gasteiger partial charge on any atom is -0.379 e. The fraction of sp³-hybridized carbons (Fsp3) is 0.528. The minimum atomic E-state index is -0.861. The maximum absolute atomic E-state index is 13.1. The summed E-state index contributed by atoms with van der Waals surface area (Å²) in [5.74, 6) is 0.406. The molecular formula is C36H45N4O+. The van der Waals surface area contributed by atoms with E-state index >= 15 is 0 Å². The summed E-state index contributed by atoms with van der Waals surface area (Å²) < 4.78 is 0. The van der Waals surface area contributed by atoms with E-state index in [4.69, 9.17) is 4.98 Å². The van der Waals surface area contributed by atoms with Crippen molar-refractivity contribution in [2.45, 2.75) is 81.9 Å². The van der Waals surface area contributed by atoms with Gasteiger partial charge in [0.05, 0.1) is 23.2 Å². The third kappa shape index (κ3) is 4.18. The number of para-hydroxylation sites is 1. The number of H-pyrrole nitrogens is 1. The number of pyridine rings is 1. The number of benzene rings is 1. The van der Waals surface area contributed by atoms with Gasteiger partial charge in [-0.05, 0) is 107 Å². The third-order valence-corrected chi connectivity index (χ3v) is 11.4. The molecular weight excluding hydrogens is 504 g/mol. The van der Waals surface area contributed by atoms with E-state index in [1.54, 1.807) is 4.90 Å². The Labute approximate surface area is 244 Å². The van der Waals surface area contributed by atoms with Gasteiger partial charge >= 0.3 is 0 Å². The van der Waals surface area contributed by atoms with Crippen molar-refractivity contribution in [2.24, 2.45) is 11.3 Å². The van der Waals surface area contributed by atoms with Crippen LogP contribution in [0.25, 0.3) is 27.4 Å². The molecule has 1 aliphatic carbocycles. The fourth-order valence-electron chi connectivity index (χ4n) is 9.84. The molecule has 3 N–H and O–H groups in total. The molecule has 7 atom stereocenters. The average Bonchev–Trinajstić information content (AvgIpc) is 3.49. The molecule has 3 bridgehead atoms. The van der Waals surface area contributed by atoms with Crippen LogP contribution in [-0.2, 0) is 0 Å². The van der Waals surface area contributed by atoms with Crippen LogP contribution in [0.4, 0.5) is 0 Å². The van der Waals surface area contributed by atoms with E-state index in [0.29, 0.717) is 12.0 Å². The number of piperidine rings is 1. The van der Waals surface area contributed by atoms with Crippen molar-refractivity contribution in [1.29, 1.82) is 0 Å². The molecule has 0 saturated carbocycles. The lowest BCUT2D eigenvalue weighted by Gasteiger charge is -2.55. The van der Waals surface area contributed by atoms with Gasteiger partial charge in [-0.1, -0.05) is 36.4 Å². The Hall–Kier alpha value is -2.73. The molecule has 1 aromatic carbocycles. The van der Waals surface area contributed by atoms with Crippen molar-refractivity contribution < 1.29 is 10.0 Å². The van der Waals surface area contributed by atoms with Crippen LogP contribution in [0.1, 0.15) is 69.9 Å². The number of aromatic nitrogens is 2. The quantitative estimate of drug-likeness (QED) is 0.355.